The van der Waals surface area contributed by atoms with Gasteiger partial charge in [-0.2, -0.15) is 0 Å². The number of non-ortho nitro benzene ring substituents is 1. The Morgan fingerprint density at radius 2 is 1.65 bits per heavy atom. The summed E-state index contributed by atoms with van der Waals surface area (Å²) < 4.78 is 10.5. The van der Waals surface area contributed by atoms with E-state index in [0.717, 1.165) is 5.56 Å². The van der Waals surface area contributed by atoms with Gasteiger partial charge >= 0.3 is 11.9 Å². The molecule has 1 N–H and O–H groups in total. The molecule has 0 spiro atoms. The van der Waals surface area contributed by atoms with Crippen LogP contribution >= 0.6 is 0 Å². The van der Waals surface area contributed by atoms with Gasteiger partial charge < -0.3 is 14.8 Å². The molecule has 0 aliphatic carbocycles. The Morgan fingerprint density at radius 1 is 1.00 bits per heavy atom. The summed E-state index contributed by atoms with van der Waals surface area (Å²) in [7, 11) is 1.24. The highest BCUT2D eigenvalue weighted by Gasteiger charge is 2.38. The third-order valence-electron chi connectivity index (χ3n) is 5.01. The van der Waals surface area contributed by atoms with Gasteiger partial charge in [0, 0.05) is 23.5 Å². The highest BCUT2D eigenvalue weighted by molar-refractivity contribution is 5.99. The number of benzene rings is 2. The molecule has 0 aromatic heterocycles. The first-order valence-electron chi connectivity index (χ1n) is 9.55. The topological polar surface area (TPSA) is 108 Å². The lowest BCUT2D eigenvalue weighted by atomic mass is 9.80. The van der Waals surface area contributed by atoms with E-state index in [1.54, 1.807) is 19.9 Å². The molecule has 160 valence electrons. The molecule has 0 fully saturated rings. The van der Waals surface area contributed by atoms with E-state index in [4.69, 9.17) is 9.47 Å². The van der Waals surface area contributed by atoms with Crippen molar-refractivity contribution in [3.63, 3.8) is 0 Å². The summed E-state index contributed by atoms with van der Waals surface area (Å²) in [6.45, 7) is 3.43. The van der Waals surface area contributed by atoms with Crippen molar-refractivity contribution < 1.29 is 24.0 Å². The number of nitro benzene ring substituents is 1. The fourth-order valence-corrected chi connectivity index (χ4v) is 3.60. The normalized spacial score (nSPS) is 15.9. The minimum Gasteiger partial charge on any atom is -0.466 e. The molecule has 3 rings (SSSR count). The number of carbonyl (C=O) groups excluding carboxylic acids is 2. The molecule has 1 aliphatic heterocycles. The first kappa shape index (κ1) is 21.8. The highest BCUT2D eigenvalue weighted by Crippen LogP contribution is 2.40. The first-order chi connectivity index (χ1) is 14.8. The Bertz CT molecular complexity index is 1090. The Morgan fingerprint density at radius 3 is 2.26 bits per heavy atom. The third-order valence-corrected chi connectivity index (χ3v) is 5.01. The van der Waals surface area contributed by atoms with Crippen LogP contribution in [0, 0.1) is 10.1 Å². The maximum absolute atomic E-state index is 13.1. The van der Waals surface area contributed by atoms with Crippen molar-refractivity contribution in [3.05, 3.63) is 98.4 Å². The van der Waals surface area contributed by atoms with Crippen LogP contribution < -0.4 is 5.32 Å². The van der Waals surface area contributed by atoms with Gasteiger partial charge in [-0.15, -0.1) is 0 Å². The first-order valence-corrected chi connectivity index (χ1v) is 9.55. The fourth-order valence-electron chi connectivity index (χ4n) is 3.60. The number of hydrogen-bond donors (Lipinski definition) is 1. The number of rotatable bonds is 6. The van der Waals surface area contributed by atoms with Crippen LogP contribution in [-0.4, -0.2) is 24.0 Å². The van der Waals surface area contributed by atoms with Gasteiger partial charge in [0.25, 0.3) is 5.69 Å². The van der Waals surface area contributed by atoms with Gasteiger partial charge in [-0.3, -0.25) is 10.1 Å². The molecule has 2 aromatic carbocycles. The van der Waals surface area contributed by atoms with E-state index in [1.807, 2.05) is 30.3 Å². The number of dihydropyridines is 1. The van der Waals surface area contributed by atoms with Crippen molar-refractivity contribution in [2.45, 2.75) is 26.4 Å². The quantitative estimate of drug-likeness (QED) is 0.429. The Labute approximate surface area is 179 Å². The van der Waals surface area contributed by atoms with E-state index in [0.29, 0.717) is 17.0 Å². The van der Waals surface area contributed by atoms with Crippen LogP contribution in [0.1, 0.15) is 30.9 Å². The van der Waals surface area contributed by atoms with Crippen molar-refractivity contribution in [1.82, 2.24) is 5.32 Å². The lowest BCUT2D eigenvalue weighted by molar-refractivity contribution is -0.384. The molecule has 1 aliphatic rings. The SMILES string of the molecule is COC(=O)C1=C(C)NC(C)=C(C(=O)OCc2ccccc2)[C@H]1c1cccc([N+](=O)[O-])c1. The number of nitrogens with zero attached hydrogens (tertiary/aromatic N) is 1. The molecule has 0 saturated heterocycles. The van der Waals surface area contributed by atoms with Crippen LogP contribution in [0.15, 0.2) is 77.1 Å². The van der Waals surface area contributed by atoms with Gasteiger partial charge in [0.15, 0.2) is 0 Å². The summed E-state index contributed by atoms with van der Waals surface area (Å²) >= 11 is 0. The summed E-state index contributed by atoms with van der Waals surface area (Å²) in [5.41, 5.74) is 2.47. The molecule has 2 aromatic rings. The number of nitro groups is 1. The minimum absolute atomic E-state index is 0.0500. The lowest BCUT2D eigenvalue weighted by Gasteiger charge is -2.30. The number of carbonyl (C=O) groups is 2. The zero-order valence-corrected chi connectivity index (χ0v) is 17.4. The van der Waals surface area contributed by atoms with Crippen molar-refractivity contribution in [2.24, 2.45) is 0 Å². The van der Waals surface area contributed by atoms with E-state index in [9.17, 15) is 19.7 Å². The Balaban J connectivity index is 2.05. The molecule has 0 unspecified atom stereocenters. The monoisotopic (exact) mass is 422 g/mol. The number of nitrogens with one attached hydrogen (secondary N) is 1. The molecule has 1 heterocycles. The second kappa shape index (κ2) is 9.25. The molecule has 1 atom stereocenters. The molecular formula is C23H22N2O6. The summed E-state index contributed by atoms with van der Waals surface area (Å²) in [5, 5.41) is 14.3. The fraction of sp³-hybridized carbons (Fsp3) is 0.217. The summed E-state index contributed by atoms with van der Waals surface area (Å²) in [6, 6.07) is 15.0. The van der Waals surface area contributed by atoms with E-state index in [2.05, 4.69) is 5.32 Å². The molecule has 8 heteroatoms. The maximum atomic E-state index is 13.1. The lowest BCUT2D eigenvalue weighted by Crippen LogP contribution is -2.32. The van der Waals surface area contributed by atoms with Gasteiger partial charge in [-0.25, -0.2) is 9.59 Å². The third kappa shape index (κ3) is 4.63. The smallest absolute Gasteiger partial charge is 0.337 e. The van der Waals surface area contributed by atoms with Crippen LogP contribution in [-0.2, 0) is 25.7 Å². The second-order valence-corrected chi connectivity index (χ2v) is 7.04. The molecule has 0 saturated carbocycles. The van der Waals surface area contributed by atoms with Crippen LogP contribution in [0.5, 0.6) is 0 Å². The number of ether oxygens (including phenoxy) is 2. The predicted octanol–water partition coefficient (Wildman–Crippen LogP) is 3.75. The molecule has 0 bridgehead atoms. The van der Waals surface area contributed by atoms with Gasteiger partial charge in [0.1, 0.15) is 6.61 Å². The van der Waals surface area contributed by atoms with E-state index < -0.39 is 22.8 Å². The van der Waals surface area contributed by atoms with Crippen LogP contribution in [0.4, 0.5) is 5.69 Å². The van der Waals surface area contributed by atoms with Crippen LogP contribution in [0.3, 0.4) is 0 Å². The standard InChI is InChI=1S/C23H22N2O6/c1-14-19(22(26)30-3)21(17-10-7-11-18(12-17)25(28)29)20(15(2)24-14)23(27)31-13-16-8-5-4-6-9-16/h4-12,21,24H,13H2,1-3H3/t21-/m0/s1. The average molecular weight is 422 g/mol. The van der Waals surface area contributed by atoms with Gasteiger partial charge in [-0.05, 0) is 25.0 Å². The Hall–Kier alpha value is -3.94. The van der Waals surface area contributed by atoms with Crippen LogP contribution in [0.25, 0.3) is 0 Å². The van der Waals surface area contributed by atoms with E-state index in [-0.39, 0.29) is 23.4 Å². The largest absolute Gasteiger partial charge is 0.466 e. The highest BCUT2D eigenvalue weighted by atomic mass is 16.6. The number of hydrogen-bond acceptors (Lipinski definition) is 7. The predicted molar refractivity (Wildman–Crippen MR) is 113 cm³/mol. The number of methoxy groups -OCH3 is 1. The van der Waals surface area contributed by atoms with Crippen molar-refractivity contribution in [2.75, 3.05) is 7.11 Å². The molecular weight excluding hydrogens is 400 g/mol. The average Bonchev–Trinajstić information content (AvgIpc) is 2.77. The second-order valence-electron chi connectivity index (χ2n) is 7.04. The molecule has 0 radical (unpaired) electrons. The minimum atomic E-state index is -0.878. The zero-order valence-electron chi connectivity index (χ0n) is 17.4. The number of esters is 2. The Kier molecular flexibility index (Phi) is 6.49. The van der Waals surface area contributed by atoms with Crippen molar-refractivity contribution in [3.8, 4) is 0 Å². The summed E-state index contributed by atoms with van der Waals surface area (Å²) in [6.07, 6.45) is 0. The van der Waals surface area contributed by atoms with E-state index >= 15 is 0 Å². The van der Waals surface area contributed by atoms with Gasteiger partial charge in [-0.1, -0.05) is 42.5 Å². The molecule has 8 nitrogen and oxygen atoms in total. The van der Waals surface area contributed by atoms with Gasteiger partial charge in [0.05, 0.1) is 29.1 Å². The number of allylic oxidation sites excluding steroid dienone is 2. The van der Waals surface area contributed by atoms with Crippen molar-refractivity contribution in [1.29, 1.82) is 0 Å². The van der Waals surface area contributed by atoms with Gasteiger partial charge in [0.2, 0.25) is 0 Å². The molecule has 0 amide bonds. The van der Waals surface area contributed by atoms with Crippen molar-refractivity contribution >= 4 is 17.6 Å². The summed E-state index contributed by atoms with van der Waals surface area (Å²) in [5.74, 6) is -2.14. The van der Waals surface area contributed by atoms with E-state index in [1.165, 1.54) is 25.3 Å². The molecule has 31 heavy (non-hydrogen) atoms. The maximum Gasteiger partial charge on any atom is 0.337 e. The summed E-state index contributed by atoms with van der Waals surface area (Å²) in [4.78, 5) is 36.5. The van der Waals surface area contributed by atoms with Crippen LogP contribution in [0.2, 0.25) is 0 Å². The zero-order chi connectivity index (χ0) is 22.5.